The molecular formula is C16H12ClF3N2O2. The fraction of sp³-hybridized carbons (Fsp3) is 0.125. The molecular weight excluding hydrogens is 345 g/mol. The average Bonchev–Trinajstić information content (AvgIpc) is 2.53. The Kier molecular flexibility index (Phi) is 5.81. The molecule has 0 fully saturated rings. The highest BCUT2D eigenvalue weighted by Crippen LogP contribution is 2.31. The number of hydrazone groups is 1. The SMILES string of the molecule is O=C(COc1ccccc1Cl)N/N=C/c1ccccc1C(F)(F)F. The molecule has 8 heteroatoms. The summed E-state index contributed by atoms with van der Waals surface area (Å²) in [4.78, 5) is 11.6. The van der Waals surface area contributed by atoms with Gasteiger partial charge < -0.3 is 4.74 Å². The van der Waals surface area contributed by atoms with Crippen molar-refractivity contribution in [1.29, 1.82) is 0 Å². The lowest BCUT2D eigenvalue weighted by atomic mass is 10.1. The van der Waals surface area contributed by atoms with Gasteiger partial charge in [-0.15, -0.1) is 0 Å². The highest BCUT2D eigenvalue weighted by molar-refractivity contribution is 6.32. The lowest BCUT2D eigenvalue weighted by Crippen LogP contribution is -2.24. The van der Waals surface area contributed by atoms with Crippen LogP contribution in [0.1, 0.15) is 11.1 Å². The van der Waals surface area contributed by atoms with E-state index in [0.29, 0.717) is 10.8 Å². The van der Waals surface area contributed by atoms with Gasteiger partial charge in [0.25, 0.3) is 5.91 Å². The van der Waals surface area contributed by atoms with E-state index < -0.39 is 17.6 Å². The van der Waals surface area contributed by atoms with E-state index in [1.54, 1.807) is 24.3 Å². The van der Waals surface area contributed by atoms with Gasteiger partial charge in [-0.3, -0.25) is 4.79 Å². The summed E-state index contributed by atoms with van der Waals surface area (Å²) in [5.41, 5.74) is 1.10. The minimum Gasteiger partial charge on any atom is -0.482 e. The number of halogens is 4. The number of rotatable bonds is 5. The first-order valence-corrected chi connectivity index (χ1v) is 7.11. The van der Waals surface area contributed by atoms with Crippen molar-refractivity contribution in [2.75, 3.05) is 6.61 Å². The number of nitrogens with zero attached hydrogens (tertiary/aromatic N) is 1. The molecule has 1 N–H and O–H groups in total. The number of ether oxygens (including phenoxy) is 1. The molecule has 0 aromatic heterocycles. The number of amides is 1. The van der Waals surface area contributed by atoms with Gasteiger partial charge in [-0.1, -0.05) is 41.9 Å². The molecule has 0 heterocycles. The molecule has 126 valence electrons. The number of hydrogen-bond acceptors (Lipinski definition) is 3. The van der Waals surface area contributed by atoms with Gasteiger partial charge in [0.15, 0.2) is 6.61 Å². The van der Waals surface area contributed by atoms with E-state index in [2.05, 4.69) is 10.5 Å². The van der Waals surface area contributed by atoms with Crippen LogP contribution in [0.2, 0.25) is 5.02 Å². The minimum absolute atomic E-state index is 0.155. The second-order valence-corrected chi connectivity index (χ2v) is 5.00. The quantitative estimate of drug-likeness (QED) is 0.652. The lowest BCUT2D eigenvalue weighted by molar-refractivity contribution is -0.137. The second-order valence-electron chi connectivity index (χ2n) is 4.60. The van der Waals surface area contributed by atoms with Gasteiger partial charge in [-0.25, -0.2) is 5.43 Å². The Bertz CT molecular complexity index is 748. The van der Waals surface area contributed by atoms with Crippen LogP contribution >= 0.6 is 11.6 Å². The number of hydrogen-bond donors (Lipinski definition) is 1. The Labute approximate surface area is 140 Å². The molecule has 0 saturated heterocycles. The minimum atomic E-state index is -4.50. The summed E-state index contributed by atoms with van der Waals surface area (Å²) in [5.74, 6) is -0.309. The van der Waals surface area contributed by atoms with Crippen LogP contribution in [0.4, 0.5) is 13.2 Å². The molecule has 0 unspecified atom stereocenters. The van der Waals surface area contributed by atoms with Crippen molar-refractivity contribution in [3.05, 3.63) is 64.7 Å². The van der Waals surface area contributed by atoms with Gasteiger partial charge in [0, 0.05) is 5.56 Å². The van der Waals surface area contributed by atoms with Crippen molar-refractivity contribution in [3.8, 4) is 5.75 Å². The maximum atomic E-state index is 12.8. The molecule has 0 aliphatic carbocycles. The fourth-order valence-electron chi connectivity index (χ4n) is 1.78. The summed E-state index contributed by atoms with van der Waals surface area (Å²) in [7, 11) is 0. The Morgan fingerprint density at radius 3 is 2.54 bits per heavy atom. The molecule has 2 rings (SSSR count). The summed E-state index contributed by atoms with van der Waals surface area (Å²) in [5, 5.41) is 3.85. The first-order valence-electron chi connectivity index (χ1n) is 6.73. The monoisotopic (exact) mass is 356 g/mol. The molecule has 0 aliphatic heterocycles. The number of benzene rings is 2. The lowest BCUT2D eigenvalue weighted by Gasteiger charge is -2.09. The summed E-state index contributed by atoms with van der Waals surface area (Å²) in [6.07, 6.45) is -3.57. The molecule has 24 heavy (non-hydrogen) atoms. The van der Waals surface area contributed by atoms with Crippen LogP contribution in [0.25, 0.3) is 0 Å². The zero-order chi connectivity index (χ0) is 17.6. The Morgan fingerprint density at radius 2 is 1.83 bits per heavy atom. The van der Waals surface area contributed by atoms with E-state index in [9.17, 15) is 18.0 Å². The molecule has 0 spiro atoms. The van der Waals surface area contributed by atoms with E-state index in [1.165, 1.54) is 18.2 Å². The Hall–Kier alpha value is -2.54. The van der Waals surface area contributed by atoms with E-state index in [-0.39, 0.29) is 12.2 Å². The van der Waals surface area contributed by atoms with E-state index in [4.69, 9.17) is 16.3 Å². The van der Waals surface area contributed by atoms with Gasteiger partial charge >= 0.3 is 6.18 Å². The van der Waals surface area contributed by atoms with Gasteiger partial charge in [-0.2, -0.15) is 18.3 Å². The molecule has 2 aromatic carbocycles. The smallest absolute Gasteiger partial charge is 0.417 e. The van der Waals surface area contributed by atoms with Crippen LogP contribution in [0.5, 0.6) is 5.75 Å². The first-order chi connectivity index (χ1) is 11.4. The van der Waals surface area contributed by atoms with Crippen LogP contribution < -0.4 is 10.2 Å². The van der Waals surface area contributed by atoms with Gasteiger partial charge in [0.1, 0.15) is 5.75 Å². The molecule has 2 aromatic rings. The highest BCUT2D eigenvalue weighted by Gasteiger charge is 2.32. The fourth-order valence-corrected chi connectivity index (χ4v) is 1.97. The third-order valence-electron chi connectivity index (χ3n) is 2.85. The average molecular weight is 357 g/mol. The molecule has 0 radical (unpaired) electrons. The third-order valence-corrected chi connectivity index (χ3v) is 3.17. The van der Waals surface area contributed by atoms with Crippen LogP contribution in [0.3, 0.4) is 0 Å². The van der Waals surface area contributed by atoms with Crippen LogP contribution in [0, 0.1) is 0 Å². The summed E-state index contributed by atoms with van der Waals surface area (Å²) in [6.45, 7) is -0.373. The molecule has 1 amide bonds. The van der Waals surface area contributed by atoms with Crippen LogP contribution in [0.15, 0.2) is 53.6 Å². The number of carbonyl (C=O) groups excluding carboxylic acids is 1. The van der Waals surface area contributed by atoms with E-state index >= 15 is 0 Å². The molecule has 0 saturated carbocycles. The van der Waals surface area contributed by atoms with Crippen molar-refractivity contribution >= 4 is 23.7 Å². The van der Waals surface area contributed by atoms with Gasteiger partial charge in [0.05, 0.1) is 16.8 Å². The van der Waals surface area contributed by atoms with Gasteiger partial charge in [-0.05, 0) is 18.2 Å². The number of alkyl halides is 3. The molecule has 0 atom stereocenters. The number of nitrogens with one attached hydrogen (secondary N) is 1. The molecule has 0 aliphatic rings. The van der Waals surface area contributed by atoms with Crippen LogP contribution in [-0.4, -0.2) is 18.7 Å². The van der Waals surface area contributed by atoms with Crippen molar-refractivity contribution in [1.82, 2.24) is 5.43 Å². The zero-order valence-electron chi connectivity index (χ0n) is 12.2. The number of carbonyl (C=O) groups is 1. The van der Waals surface area contributed by atoms with Crippen molar-refractivity contribution < 1.29 is 22.7 Å². The maximum absolute atomic E-state index is 12.8. The summed E-state index contributed by atoms with van der Waals surface area (Å²) < 4.78 is 43.6. The van der Waals surface area contributed by atoms with Crippen LogP contribution in [-0.2, 0) is 11.0 Å². The van der Waals surface area contributed by atoms with Crippen molar-refractivity contribution in [2.24, 2.45) is 5.10 Å². The third kappa shape index (κ3) is 4.99. The topological polar surface area (TPSA) is 50.7 Å². The Morgan fingerprint density at radius 1 is 1.17 bits per heavy atom. The largest absolute Gasteiger partial charge is 0.482 e. The Balaban J connectivity index is 1.93. The standard InChI is InChI=1S/C16H12ClF3N2O2/c17-13-7-3-4-8-14(13)24-10-15(23)22-21-9-11-5-1-2-6-12(11)16(18,19)20/h1-9H,10H2,(H,22,23)/b21-9+. The van der Waals surface area contributed by atoms with E-state index in [1.807, 2.05) is 0 Å². The second kappa shape index (κ2) is 7.83. The number of para-hydroxylation sites is 1. The first kappa shape index (κ1) is 17.8. The highest BCUT2D eigenvalue weighted by atomic mass is 35.5. The molecule has 4 nitrogen and oxygen atoms in total. The maximum Gasteiger partial charge on any atom is 0.417 e. The predicted molar refractivity (Wildman–Crippen MR) is 84.1 cm³/mol. The van der Waals surface area contributed by atoms with Crippen molar-refractivity contribution in [2.45, 2.75) is 6.18 Å². The van der Waals surface area contributed by atoms with Crippen molar-refractivity contribution in [3.63, 3.8) is 0 Å². The van der Waals surface area contributed by atoms with Gasteiger partial charge in [0.2, 0.25) is 0 Å². The van der Waals surface area contributed by atoms with E-state index in [0.717, 1.165) is 12.3 Å². The summed E-state index contributed by atoms with van der Waals surface area (Å²) in [6, 6.07) is 11.5. The molecule has 0 bridgehead atoms. The summed E-state index contributed by atoms with van der Waals surface area (Å²) >= 11 is 5.86. The zero-order valence-corrected chi connectivity index (χ0v) is 12.9. The predicted octanol–water partition coefficient (Wildman–Crippen LogP) is 3.89. The normalized spacial score (nSPS) is 11.5.